The molecule has 0 unspecified atom stereocenters. The van der Waals surface area contributed by atoms with E-state index in [1.165, 1.54) is 5.56 Å². The zero-order chi connectivity index (χ0) is 13.1. The molecule has 2 aromatic rings. The van der Waals surface area contributed by atoms with Gasteiger partial charge in [-0.2, -0.15) is 0 Å². The van der Waals surface area contributed by atoms with Crippen molar-refractivity contribution in [2.75, 3.05) is 5.75 Å². The molecule has 0 bridgehead atoms. The summed E-state index contributed by atoms with van der Waals surface area (Å²) in [5, 5.41) is 9.27. The second-order valence-electron chi connectivity index (χ2n) is 3.96. The fourth-order valence-electron chi connectivity index (χ4n) is 1.67. The van der Waals surface area contributed by atoms with E-state index in [0.717, 1.165) is 26.9 Å². The summed E-state index contributed by atoms with van der Waals surface area (Å²) in [5.41, 5.74) is 2.34. The van der Waals surface area contributed by atoms with Gasteiger partial charge in [-0.05, 0) is 30.0 Å². The molecule has 1 aromatic heterocycles. The Morgan fingerprint density at radius 2 is 2.06 bits per heavy atom. The molecule has 0 spiro atoms. The van der Waals surface area contributed by atoms with Gasteiger partial charge < -0.3 is 0 Å². The monoisotopic (exact) mass is 323 g/mol. The molecule has 5 heteroatoms. The van der Waals surface area contributed by atoms with Crippen LogP contribution in [0.2, 0.25) is 0 Å². The zero-order valence-electron chi connectivity index (χ0n) is 10.4. The van der Waals surface area contributed by atoms with Gasteiger partial charge in [0.05, 0.1) is 5.69 Å². The number of thioether (sulfide) groups is 1. The minimum Gasteiger partial charge on any atom is -0.274 e. The first kappa shape index (κ1) is 13.4. The Balaban J connectivity index is 2.41. The molecular formula is C13H14BrN3S. The summed E-state index contributed by atoms with van der Waals surface area (Å²) in [5.74, 6) is 1.68. The van der Waals surface area contributed by atoms with E-state index in [1.807, 2.05) is 19.1 Å². The van der Waals surface area contributed by atoms with Crippen molar-refractivity contribution in [3.63, 3.8) is 0 Å². The molecular weight excluding hydrogens is 310 g/mol. The van der Waals surface area contributed by atoms with Crippen LogP contribution in [0.25, 0.3) is 5.69 Å². The van der Waals surface area contributed by atoms with Crippen molar-refractivity contribution in [2.45, 2.75) is 19.0 Å². The highest BCUT2D eigenvalue weighted by atomic mass is 79.9. The van der Waals surface area contributed by atoms with Gasteiger partial charge in [-0.25, -0.2) is 0 Å². The van der Waals surface area contributed by atoms with Crippen molar-refractivity contribution >= 4 is 27.7 Å². The summed E-state index contributed by atoms with van der Waals surface area (Å²) in [6.07, 6.45) is 0. The standard InChI is InChI=1S/C13H14BrN3S/c1-9-6-4-5-7-12(9)17-11(3)15-16-13(17)18-8-10(2)14/h4-7H,2,8H2,1,3H3. The highest BCUT2D eigenvalue weighted by Gasteiger charge is 2.12. The van der Waals surface area contributed by atoms with Gasteiger partial charge in [0.15, 0.2) is 5.16 Å². The summed E-state index contributed by atoms with van der Waals surface area (Å²) in [6.45, 7) is 7.89. The van der Waals surface area contributed by atoms with E-state index in [4.69, 9.17) is 0 Å². The number of aromatic nitrogens is 3. The third kappa shape index (κ3) is 2.84. The fraction of sp³-hybridized carbons (Fsp3) is 0.231. The number of halogens is 1. The largest absolute Gasteiger partial charge is 0.274 e. The second-order valence-corrected chi connectivity index (χ2v) is 6.02. The Morgan fingerprint density at radius 3 is 2.72 bits per heavy atom. The average Bonchev–Trinajstić information content (AvgIpc) is 2.69. The lowest BCUT2D eigenvalue weighted by Gasteiger charge is -2.10. The Kier molecular flexibility index (Phi) is 4.24. The molecule has 0 amide bonds. The van der Waals surface area contributed by atoms with E-state index < -0.39 is 0 Å². The molecule has 0 saturated carbocycles. The van der Waals surface area contributed by atoms with Crippen LogP contribution in [0, 0.1) is 13.8 Å². The molecule has 1 heterocycles. The van der Waals surface area contributed by atoms with Gasteiger partial charge in [-0.3, -0.25) is 4.57 Å². The van der Waals surface area contributed by atoms with Crippen molar-refractivity contribution in [2.24, 2.45) is 0 Å². The summed E-state index contributed by atoms with van der Waals surface area (Å²) in [7, 11) is 0. The third-order valence-electron chi connectivity index (χ3n) is 2.51. The number of hydrogen-bond donors (Lipinski definition) is 0. The molecule has 0 aliphatic rings. The Morgan fingerprint density at radius 1 is 1.33 bits per heavy atom. The predicted octanol–water partition coefficient (Wildman–Crippen LogP) is 3.88. The number of benzene rings is 1. The normalized spacial score (nSPS) is 10.6. The van der Waals surface area contributed by atoms with E-state index >= 15 is 0 Å². The lowest BCUT2D eigenvalue weighted by Crippen LogP contribution is -2.01. The highest BCUT2D eigenvalue weighted by molar-refractivity contribution is 9.11. The van der Waals surface area contributed by atoms with Crippen molar-refractivity contribution in [3.05, 3.63) is 46.7 Å². The molecule has 1 aromatic carbocycles. The lowest BCUT2D eigenvalue weighted by molar-refractivity contribution is 0.863. The molecule has 0 saturated heterocycles. The minimum atomic E-state index is 0.782. The van der Waals surface area contributed by atoms with Crippen LogP contribution < -0.4 is 0 Å². The number of para-hydroxylation sites is 1. The van der Waals surface area contributed by atoms with Crippen LogP contribution in [0.15, 0.2) is 40.5 Å². The zero-order valence-corrected chi connectivity index (χ0v) is 12.8. The van der Waals surface area contributed by atoms with Crippen molar-refractivity contribution in [1.82, 2.24) is 14.8 Å². The molecule has 18 heavy (non-hydrogen) atoms. The first-order chi connectivity index (χ1) is 8.59. The molecule has 0 aliphatic heterocycles. The lowest BCUT2D eigenvalue weighted by atomic mass is 10.2. The number of hydrogen-bond acceptors (Lipinski definition) is 3. The summed E-state index contributed by atoms with van der Waals surface area (Å²) in [6, 6.07) is 8.23. The van der Waals surface area contributed by atoms with Crippen LogP contribution in [0.3, 0.4) is 0 Å². The number of rotatable bonds is 4. The topological polar surface area (TPSA) is 30.7 Å². The third-order valence-corrected chi connectivity index (χ3v) is 4.18. The van der Waals surface area contributed by atoms with Crippen LogP contribution in [0.5, 0.6) is 0 Å². The van der Waals surface area contributed by atoms with Gasteiger partial charge in [-0.1, -0.05) is 52.5 Å². The van der Waals surface area contributed by atoms with E-state index in [1.54, 1.807) is 11.8 Å². The number of aryl methyl sites for hydroxylation is 2. The molecule has 94 valence electrons. The van der Waals surface area contributed by atoms with Crippen LogP contribution in [0.4, 0.5) is 0 Å². The highest BCUT2D eigenvalue weighted by Crippen LogP contribution is 2.25. The first-order valence-electron chi connectivity index (χ1n) is 5.53. The van der Waals surface area contributed by atoms with Crippen molar-refractivity contribution < 1.29 is 0 Å². The maximum Gasteiger partial charge on any atom is 0.196 e. The number of nitrogens with zero attached hydrogens (tertiary/aromatic N) is 3. The molecule has 0 N–H and O–H groups in total. The fourth-order valence-corrected chi connectivity index (χ4v) is 2.76. The summed E-state index contributed by atoms with van der Waals surface area (Å²) >= 11 is 4.98. The van der Waals surface area contributed by atoms with Gasteiger partial charge in [-0.15, -0.1) is 10.2 Å². The van der Waals surface area contributed by atoms with Gasteiger partial charge in [0.1, 0.15) is 5.82 Å². The van der Waals surface area contributed by atoms with Gasteiger partial charge in [0.25, 0.3) is 0 Å². The van der Waals surface area contributed by atoms with Crippen molar-refractivity contribution in [3.8, 4) is 5.69 Å². The average molecular weight is 324 g/mol. The second kappa shape index (κ2) is 5.71. The molecule has 2 rings (SSSR count). The van der Waals surface area contributed by atoms with E-state index in [0.29, 0.717) is 0 Å². The Bertz CT molecular complexity index is 577. The van der Waals surface area contributed by atoms with Crippen LogP contribution >= 0.6 is 27.7 Å². The van der Waals surface area contributed by atoms with Gasteiger partial charge in [0, 0.05) is 5.75 Å². The van der Waals surface area contributed by atoms with Gasteiger partial charge in [0.2, 0.25) is 0 Å². The SMILES string of the molecule is C=C(Br)CSc1nnc(C)n1-c1ccccc1C. The molecule has 3 nitrogen and oxygen atoms in total. The van der Waals surface area contributed by atoms with Gasteiger partial charge >= 0.3 is 0 Å². The predicted molar refractivity (Wildman–Crippen MR) is 79.6 cm³/mol. The van der Waals surface area contributed by atoms with Crippen molar-refractivity contribution in [1.29, 1.82) is 0 Å². The maximum atomic E-state index is 4.22. The van der Waals surface area contributed by atoms with Crippen LogP contribution in [0.1, 0.15) is 11.4 Å². The Hall–Kier alpha value is -1.07. The quantitative estimate of drug-likeness (QED) is 0.800. The maximum absolute atomic E-state index is 4.22. The molecule has 0 fully saturated rings. The Labute approximate surface area is 119 Å². The van der Waals surface area contributed by atoms with E-state index in [-0.39, 0.29) is 0 Å². The first-order valence-corrected chi connectivity index (χ1v) is 7.31. The summed E-state index contributed by atoms with van der Waals surface area (Å²) < 4.78 is 3.03. The van der Waals surface area contributed by atoms with Crippen LogP contribution in [-0.4, -0.2) is 20.5 Å². The molecule has 0 radical (unpaired) electrons. The smallest absolute Gasteiger partial charge is 0.196 e. The molecule has 0 aliphatic carbocycles. The summed E-state index contributed by atoms with van der Waals surface area (Å²) in [4.78, 5) is 0. The van der Waals surface area contributed by atoms with E-state index in [9.17, 15) is 0 Å². The van der Waals surface area contributed by atoms with Crippen LogP contribution in [-0.2, 0) is 0 Å². The minimum absolute atomic E-state index is 0.782. The van der Waals surface area contributed by atoms with E-state index in [2.05, 4.69) is 56.3 Å². The molecule has 0 atom stereocenters.